The molecule has 0 fully saturated rings. The first kappa shape index (κ1) is 11.6. The van der Waals surface area contributed by atoms with Crippen LogP contribution in [0, 0.1) is 20.2 Å². The van der Waals surface area contributed by atoms with E-state index in [4.69, 9.17) is 0 Å². The fraction of sp³-hybridized carbons (Fsp3) is 0.333. The van der Waals surface area contributed by atoms with Crippen LogP contribution in [0.25, 0.3) is 0 Å². The van der Waals surface area contributed by atoms with Gasteiger partial charge in [-0.1, -0.05) is 4.57 Å². The van der Waals surface area contributed by atoms with Gasteiger partial charge in [-0.15, -0.1) is 0 Å². The van der Waals surface area contributed by atoms with Crippen LogP contribution in [0.3, 0.4) is 0 Å². The summed E-state index contributed by atoms with van der Waals surface area (Å²) >= 11 is 0. The van der Waals surface area contributed by atoms with Crippen molar-refractivity contribution in [1.29, 1.82) is 0 Å². The monoisotopic (exact) mass is 230 g/mol. The van der Waals surface area contributed by atoms with Gasteiger partial charge in [0.2, 0.25) is 0 Å². The maximum atomic E-state index is 10.7. The summed E-state index contributed by atoms with van der Waals surface area (Å²) in [6, 6.07) is 0. The molecule has 0 radical (unpaired) electrons. The molecular formula is C6H6N4O6. The number of nitrogens with zero attached hydrogens (tertiary/aromatic N) is 4. The van der Waals surface area contributed by atoms with E-state index >= 15 is 0 Å². The summed E-state index contributed by atoms with van der Waals surface area (Å²) in [6.07, 6.45) is 0. The van der Waals surface area contributed by atoms with E-state index in [1.807, 2.05) is 0 Å². The number of hydrogen-bond donors (Lipinski definition) is 0. The molecule has 0 saturated heterocycles. The Hall–Kier alpha value is -2.52. The molecule has 0 aliphatic rings. The van der Waals surface area contributed by atoms with Crippen molar-refractivity contribution in [1.82, 2.24) is 4.57 Å². The SMILES string of the molecule is Cn1c([N+](=O)[O-])c([N+](=O)[O-])[n+](C)c1C(=O)[O-]. The molecule has 0 amide bonds. The van der Waals surface area contributed by atoms with Crippen LogP contribution < -0.4 is 9.67 Å². The van der Waals surface area contributed by atoms with Crippen LogP contribution in [0.2, 0.25) is 0 Å². The summed E-state index contributed by atoms with van der Waals surface area (Å²) in [5, 5.41) is 31.8. The second-order valence-corrected chi connectivity index (χ2v) is 2.89. The summed E-state index contributed by atoms with van der Waals surface area (Å²) in [7, 11) is 2.08. The zero-order valence-electron chi connectivity index (χ0n) is 8.24. The van der Waals surface area contributed by atoms with Gasteiger partial charge in [-0.25, -0.2) is 0 Å². The predicted molar refractivity (Wildman–Crippen MR) is 44.2 cm³/mol. The van der Waals surface area contributed by atoms with Crippen LogP contribution in [0.1, 0.15) is 10.6 Å². The summed E-state index contributed by atoms with van der Waals surface area (Å²) < 4.78 is 1.18. The smallest absolute Gasteiger partial charge is 0.536 e. The van der Waals surface area contributed by atoms with Crippen LogP contribution in [0.15, 0.2) is 0 Å². The van der Waals surface area contributed by atoms with Gasteiger partial charge >= 0.3 is 17.5 Å². The van der Waals surface area contributed by atoms with Crippen LogP contribution in [0.4, 0.5) is 11.6 Å². The fourth-order valence-electron chi connectivity index (χ4n) is 1.41. The number of aromatic carboxylic acids is 1. The quantitative estimate of drug-likeness (QED) is 0.335. The van der Waals surface area contributed by atoms with E-state index in [1.165, 1.54) is 0 Å². The van der Waals surface area contributed by atoms with Gasteiger partial charge in [-0.3, -0.25) is 10.1 Å². The largest absolute Gasteiger partial charge is 0.599 e. The minimum Gasteiger partial charge on any atom is -0.536 e. The van der Waals surface area contributed by atoms with Gasteiger partial charge in [-0.05, 0) is 4.92 Å². The molecular weight excluding hydrogens is 224 g/mol. The van der Waals surface area contributed by atoms with Crippen LogP contribution in [0.5, 0.6) is 0 Å². The van der Waals surface area contributed by atoms with Crippen molar-refractivity contribution in [3.63, 3.8) is 0 Å². The molecule has 1 aromatic rings. The summed E-state index contributed by atoms with van der Waals surface area (Å²) in [6.45, 7) is 0. The van der Waals surface area contributed by atoms with Gasteiger partial charge in [0.25, 0.3) is 0 Å². The van der Waals surface area contributed by atoms with Crippen molar-refractivity contribution >= 4 is 17.6 Å². The van der Waals surface area contributed by atoms with Crippen molar-refractivity contribution in [2.75, 3.05) is 0 Å². The zero-order chi connectivity index (χ0) is 12.6. The van der Waals surface area contributed by atoms with E-state index in [0.29, 0.717) is 9.13 Å². The summed E-state index contributed by atoms with van der Waals surface area (Å²) in [4.78, 5) is 29.8. The Morgan fingerprint density at radius 2 is 1.81 bits per heavy atom. The number of carbonyl (C=O) groups excluding carboxylic acids is 1. The number of carbonyl (C=O) groups is 1. The third kappa shape index (κ3) is 1.45. The van der Waals surface area contributed by atoms with Crippen molar-refractivity contribution in [2.24, 2.45) is 14.1 Å². The van der Waals surface area contributed by atoms with Gasteiger partial charge in [0.15, 0.2) is 5.97 Å². The zero-order valence-corrected chi connectivity index (χ0v) is 8.24. The standard InChI is InChI=1S/C6H6N4O6/c1-7-3(9(13)14)4(10(15)16)8(2)5(7)6(11)12/h1-2H3. The van der Waals surface area contributed by atoms with Crippen LogP contribution in [-0.4, -0.2) is 20.4 Å². The average molecular weight is 230 g/mol. The van der Waals surface area contributed by atoms with Gasteiger partial charge in [0.1, 0.15) is 12.0 Å². The predicted octanol–water partition coefficient (Wildman–Crippen LogP) is -1.97. The number of carboxylic acids is 1. The van der Waals surface area contributed by atoms with Crippen molar-refractivity contribution in [3.05, 3.63) is 26.1 Å². The topological polar surface area (TPSA) is 135 Å². The maximum absolute atomic E-state index is 10.7. The summed E-state index contributed by atoms with van der Waals surface area (Å²) in [5.74, 6) is -4.21. The molecule has 0 bridgehead atoms. The highest BCUT2D eigenvalue weighted by atomic mass is 16.6. The van der Waals surface area contributed by atoms with Crippen molar-refractivity contribution < 1.29 is 24.3 Å². The molecule has 1 rings (SSSR count). The highest BCUT2D eigenvalue weighted by Gasteiger charge is 2.45. The number of aromatic nitrogens is 2. The minimum absolute atomic E-state index is 0.591. The number of nitro groups is 2. The Bertz CT molecular complexity index is 466. The first-order valence-corrected chi connectivity index (χ1v) is 3.87. The lowest BCUT2D eigenvalue weighted by atomic mass is 10.6. The first-order valence-electron chi connectivity index (χ1n) is 3.87. The molecule has 0 aliphatic carbocycles. The summed E-state index contributed by atoms with van der Waals surface area (Å²) in [5.41, 5.74) is 0. The van der Waals surface area contributed by atoms with Gasteiger partial charge in [0.05, 0.1) is 7.05 Å². The highest BCUT2D eigenvalue weighted by Crippen LogP contribution is 2.23. The first-order chi connectivity index (χ1) is 7.29. The molecule has 10 nitrogen and oxygen atoms in total. The Labute approximate surface area is 87.6 Å². The lowest BCUT2D eigenvalue weighted by Crippen LogP contribution is -2.42. The average Bonchev–Trinajstić information content (AvgIpc) is 2.36. The molecule has 16 heavy (non-hydrogen) atoms. The van der Waals surface area contributed by atoms with Crippen molar-refractivity contribution in [2.45, 2.75) is 0 Å². The molecule has 0 N–H and O–H groups in total. The maximum Gasteiger partial charge on any atom is 0.599 e. The molecule has 1 heterocycles. The van der Waals surface area contributed by atoms with Crippen molar-refractivity contribution in [3.8, 4) is 0 Å². The molecule has 86 valence electrons. The Morgan fingerprint density at radius 1 is 1.31 bits per heavy atom. The third-order valence-electron chi connectivity index (χ3n) is 2.00. The Balaban J connectivity index is 3.73. The molecule has 10 heteroatoms. The molecule has 0 spiro atoms. The van der Waals surface area contributed by atoms with Gasteiger partial charge in [0, 0.05) is 0 Å². The molecule has 0 atom stereocenters. The van der Waals surface area contributed by atoms with E-state index < -0.39 is 33.3 Å². The lowest BCUT2D eigenvalue weighted by molar-refractivity contribution is -0.719. The number of carboxylic acid groups (broad SMARTS) is 1. The Kier molecular flexibility index (Phi) is 2.57. The lowest BCUT2D eigenvalue weighted by Gasteiger charge is -1.92. The second kappa shape index (κ2) is 3.56. The van der Waals surface area contributed by atoms with Crippen LogP contribution >= 0.6 is 0 Å². The normalized spacial score (nSPS) is 10.1. The van der Waals surface area contributed by atoms with Crippen LogP contribution in [-0.2, 0) is 14.1 Å². The molecule has 0 aliphatic heterocycles. The second-order valence-electron chi connectivity index (χ2n) is 2.89. The molecule has 1 aromatic heterocycles. The highest BCUT2D eigenvalue weighted by molar-refractivity contribution is 5.80. The van der Waals surface area contributed by atoms with E-state index in [0.717, 1.165) is 14.1 Å². The van der Waals surface area contributed by atoms with E-state index in [2.05, 4.69) is 0 Å². The fourth-order valence-corrected chi connectivity index (χ4v) is 1.41. The number of hydrogen-bond acceptors (Lipinski definition) is 6. The molecule has 0 saturated carbocycles. The van der Waals surface area contributed by atoms with Gasteiger partial charge in [-0.2, -0.15) is 4.57 Å². The molecule has 0 unspecified atom stereocenters. The molecule has 0 aromatic carbocycles. The van der Waals surface area contributed by atoms with E-state index in [-0.39, 0.29) is 0 Å². The number of imidazole rings is 1. The Morgan fingerprint density at radius 3 is 2.06 bits per heavy atom. The minimum atomic E-state index is -1.73. The van der Waals surface area contributed by atoms with E-state index in [1.54, 1.807) is 0 Å². The van der Waals surface area contributed by atoms with Gasteiger partial charge < -0.3 is 20.0 Å². The number of rotatable bonds is 3. The third-order valence-corrected chi connectivity index (χ3v) is 2.00. The van der Waals surface area contributed by atoms with E-state index in [9.17, 15) is 30.1 Å².